The van der Waals surface area contributed by atoms with Crippen LogP contribution in [0.1, 0.15) is 24.2 Å². The van der Waals surface area contributed by atoms with E-state index < -0.39 is 5.72 Å². The maximum Gasteiger partial charge on any atom is 0.283 e. The number of carbonyl (C=O) groups is 1. The van der Waals surface area contributed by atoms with Crippen LogP contribution in [0.2, 0.25) is 0 Å². The lowest BCUT2D eigenvalue weighted by molar-refractivity contribution is -0.104. The fourth-order valence-corrected chi connectivity index (χ4v) is 4.24. The highest BCUT2D eigenvalue weighted by molar-refractivity contribution is 8.17. The topological polar surface area (TPSA) is 69.6 Å². The summed E-state index contributed by atoms with van der Waals surface area (Å²) in [5.41, 5.74) is -0.303. The Balaban J connectivity index is 1.93. The van der Waals surface area contributed by atoms with Crippen molar-refractivity contribution < 1.29 is 23.7 Å². The maximum atomic E-state index is 12.9. The predicted molar refractivity (Wildman–Crippen MR) is 104 cm³/mol. The molecule has 1 atom stereocenters. The molecule has 0 aromatic heterocycles. The number of hydrogen-bond donors (Lipinski definition) is 0. The molecule has 0 N–H and O–H groups in total. The molecule has 2 aliphatic heterocycles. The molecule has 1 aromatic carbocycles. The Bertz CT molecular complexity index is 751. The molecule has 1 amide bonds. The molecule has 0 spiro atoms. The average Bonchev–Trinajstić information content (AvgIpc) is 3.17. The van der Waals surface area contributed by atoms with Gasteiger partial charge in [-0.1, -0.05) is 12.1 Å². The minimum Gasteiger partial charge on any atom is -0.495 e. The van der Waals surface area contributed by atoms with Crippen LogP contribution in [0.15, 0.2) is 40.4 Å². The van der Waals surface area contributed by atoms with Crippen LogP contribution in [0.3, 0.4) is 0 Å². The van der Waals surface area contributed by atoms with E-state index in [-0.39, 0.29) is 5.91 Å². The first-order valence-electron chi connectivity index (χ1n) is 8.91. The summed E-state index contributed by atoms with van der Waals surface area (Å²) in [4.78, 5) is 20.1. The zero-order valence-electron chi connectivity index (χ0n) is 15.8. The van der Waals surface area contributed by atoms with E-state index in [4.69, 9.17) is 18.9 Å². The number of carbonyl (C=O) groups excluding carboxylic acids is 1. The first-order chi connectivity index (χ1) is 13.2. The van der Waals surface area contributed by atoms with Crippen LogP contribution in [0.4, 0.5) is 0 Å². The van der Waals surface area contributed by atoms with Gasteiger partial charge < -0.3 is 23.8 Å². The highest BCUT2D eigenvalue weighted by Crippen LogP contribution is 2.47. The van der Waals surface area contributed by atoms with Crippen LogP contribution in [0.25, 0.3) is 0 Å². The Labute approximate surface area is 163 Å². The van der Waals surface area contributed by atoms with Crippen LogP contribution >= 0.6 is 11.8 Å². The Kier molecular flexibility index (Phi) is 6.41. The van der Waals surface area contributed by atoms with Crippen molar-refractivity contribution in [1.82, 2.24) is 4.90 Å². The SMILES string of the molecule is CCOc1ccccc1C(=O)N=C1SC2=COCC2(OCC)N1CCOC. The Morgan fingerprint density at radius 3 is 2.89 bits per heavy atom. The molecule has 0 radical (unpaired) electrons. The summed E-state index contributed by atoms with van der Waals surface area (Å²) < 4.78 is 22.4. The number of hydrogen-bond acceptors (Lipinski definition) is 6. The molecule has 3 rings (SSSR count). The summed E-state index contributed by atoms with van der Waals surface area (Å²) >= 11 is 1.39. The molecule has 1 saturated heterocycles. The molecule has 7 nitrogen and oxygen atoms in total. The lowest BCUT2D eigenvalue weighted by Crippen LogP contribution is -2.51. The summed E-state index contributed by atoms with van der Waals surface area (Å²) in [5.74, 6) is 0.181. The van der Waals surface area contributed by atoms with Crippen molar-refractivity contribution in [1.29, 1.82) is 0 Å². The molecular weight excluding hydrogens is 368 g/mol. The van der Waals surface area contributed by atoms with Gasteiger partial charge in [-0.25, -0.2) is 0 Å². The molecule has 0 aliphatic carbocycles. The number of rotatable bonds is 8. The van der Waals surface area contributed by atoms with Crippen molar-refractivity contribution in [3.8, 4) is 5.75 Å². The summed E-state index contributed by atoms with van der Waals surface area (Å²) in [6, 6.07) is 7.13. The highest BCUT2D eigenvalue weighted by Gasteiger charge is 2.54. The highest BCUT2D eigenvalue weighted by atomic mass is 32.2. The van der Waals surface area contributed by atoms with E-state index in [2.05, 4.69) is 4.99 Å². The van der Waals surface area contributed by atoms with Gasteiger partial charge in [-0.15, -0.1) is 0 Å². The van der Waals surface area contributed by atoms with Gasteiger partial charge >= 0.3 is 0 Å². The van der Waals surface area contributed by atoms with Gasteiger partial charge in [-0.3, -0.25) is 4.79 Å². The second kappa shape index (κ2) is 8.77. The van der Waals surface area contributed by atoms with Crippen molar-refractivity contribution in [3.63, 3.8) is 0 Å². The van der Waals surface area contributed by atoms with Gasteiger partial charge in [0.15, 0.2) is 5.17 Å². The summed E-state index contributed by atoms with van der Waals surface area (Å²) in [6.07, 6.45) is 1.68. The average molecular weight is 392 g/mol. The monoisotopic (exact) mass is 392 g/mol. The summed E-state index contributed by atoms with van der Waals surface area (Å²) in [7, 11) is 1.64. The largest absolute Gasteiger partial charge is 0.495 e. The molecule has 1 unspecified atom stereocenters. The molecule has 8 heteroatoms. The van der Waals surface area contributed by atoms with Crippen molar-refractivity contribution in [2.24, 2.45) is 4.99 Å². The van der Waals surface area contributed by atoms with Crippen LogP contribution in [-0.2, 0) is 14.2 Å². The first kappa shape index (κ1) is 19.7. The molecule has 0 saturated carbocycles. The van der Waals surface area contributed by atoms with E-state index in [9.17, 15) is 4.79 Å². The number of para-hydroxylation sites is 1. The van der Waals surface area contributed by atoms with E-state index in [1.807, 2.05) is 24.8 Å². The van der Waals surface area contributed by atoms with Crippen molar-refractivity contribution in [2.45, 2.75) is 19.6 Å². The van der Waals surface area contributed by atoms with Gasteiger partial charge in [0.05, 0.1) is 29.9 Å². The standard InChI is InChI=1S/C19H24N2O5S/c1-4-25-15-9-7-6-8-14(15)17(22)20-18-21(10-11-23-3)19(26-5-2)13-24-12-16(19)27-18/h6-9,12H,4-5,10-11,13H2,1-3H3. The van der Waals surface area contributed by atoms with E-state index in [1.165, 1.54) is 11.8 Å². The number of ether oxygens (including phenoxy) is 4. The summed E-state index contributed by atoms with van der Waals surface area (Å²) in [5, 5.41) is 0.575. The third-order valence-corrected chi connectivity index (χ3v) is 5.37. The number of fused-ring (bicyclic) bond motifs is 1. The normalized spacial score (nSPS) is 22.6. The minimum absolute atomic E-state index is 0.350. The maximum absolute atomic E-state index is 12.9. The molecule has 2 heterocycles. The molecule has 2 aliphatic rings. The first-order valence-corrected chi connectivity index (χ1v) is 9.73. The van der Waals surface area contributed by atoms with Gasteiger partial charge in [0, 0.05) is 20.3 Å². The Hall–Kier alpha value is -2.03. The molecule has 1 aromatic rings. The van der Waals surface area contributed by atoms with Crippen LogP contribution in [0.5, 0.6) is 5.75 Å². The van der Waals surface area contributed by atoms with Crippen LogP contribution in [0, 0.1) is 0 Å². The van der Waals surface area contributed by atoms with E-state index in [1.54, 1.807) is 31.6 Å². The number of amides is 1. The lowest BCUT2D eigenvalue weighted by Gasteiger charge is -2.35. The molecule has 1 fully saturated rings. The van der Waals surface area contributed by atoms with Crippen LogP contribution < -0.4 is 4.74 Å². The minimum atomic E-state index is -0.740. The van der Waals surface area contributed by atoms with Gasteiger partial charge in [-0.2, -0.15) is 4.99 Å². The molecule has 0 bridgehead atoms. The van der Waals surface area contributed by atoms with Crippen molar-refractivity contribution >= 4 is 22.8 Å². The van der Waals surface area contributed by atoms with Gasteiger partial charge in [0.25, 0.3) is 5.91 Å². The Morgan fingerprint density at radius 2 is 2.15 bits per heavy atom. The Morgan fingerprint density at radius 1 is 1.33 bits per heavy atom. The third kappa shape index (κ3) is 3.83. The second-order valence-electron chi connectivity index (χ2n) is 5.89. The lowest BCUT2D eigenvalue weighted by atomic mass is 10.2. The van der Waals surface area contributed by atoms with E-state index >= 15 is 0 Å². The predicted octanol–water partition coefficient (Wildman–Crippen LogP) is 2.88. The van der Waals surface area contributed by atoms with Crippen LogP contribution in [-0.4, -0.2) is 61.8 Å². The molecule has 146 valence electrons. The number of nitrogens with zero attached hydrogens (tertiary/aromatic N) is 2. The third-order valence-electron chi connectivity index (χ3n) is 4.24. The number of methoxy groups -OCH3 is 1. The van der Waals surface area contributed by atoms with Crippen molar-refractivity contribution in [3.05, 3.63) is 41.0 Å². The fourth-order valence-electron chi connectivity index (χ4n) is 3.06. The zero-order chi connectivity index (χ0) is 19.3. The second-order valence-corrected chi connectivity index (χ2v) is 6.89. The number of thioether (sulfide) groups is 1. The van der Waals surface area contributed by atoms with Gasteiger partial charge in [0.2, 0.25) is 5.72 Å². The van der Waals surface area contributed by atoms with Gasteiger partial charge in [0.1, 0.15) is 12.4 Å². The molecular formula is C19H24N2O5S. The fraction of sp³-hybridized carbons (Fsp3) is 0.474. The number of aliphatic imine (C=N–C) groups is 1. The number of benzene rings is 1. The van der Waals surface area contributed by atoms with E-state index in [0.717, 1.165) is 4.91 Å². The zero-order valence-corrected chi connectivity index (χ0v) is 16.6. The summed E-state index contributed by atoms with van der Waals surface area (Å²) in [6.45, 7) is 6.17. The van der Waals surface area contributed by atoms with Gasteiger partial charge in [-0.05, 0) is 37.7 Å². The smallest absolute Gasteiger partial charge is 0.283 e. The van der Waals surface area contributed by atoms with E-state index in [0.29, 0.717) is 49.5 Å². The molecule has 27 heavy (non-hydrogen) atoms. The number of amidine groups is 1. The van der Waals surface area contributed by atoms with Crippen molar-refractivity contribution in [2.75, 3.05) is 40.1 Å². The quantitative estimate of drug-likeness (QED) is 0.674.